The molecule has 1 aromatic heterocycles. The molecule has 0 spiro atoms. The molecule has 0 bridgehead atoms. The minimum absolute atomic E-state index is 0. The summed E-state index contributed by atoms with van der Waals surface area (Å²) in [6.45, 7) is 8.59. The smallest absolute Gasteiger partial charge is 0.191 e. The van der Waals surface area contributed by atoms with Crippen LogP contribution in [0.4, 0.5) is 0 Å². The Morgan fingerprint density at radius 3 is 2.68 bits per heavy atom. The van der Waals surface area contributed by atoms with Gasteiger partial charge in [0.1, 0.15) is 11.9 Å². The number of aryl methyl sites for hydroxylation is 2. The van der Waals surface area contributed by atoms with E-state index in [0.717, 1.165) is 49.8 Å². The van der Waals surface area contributed by atoms with Crippen LogP contribution in [0, 0.1) is 0 Å². The summed E-state index contributed by atoms with van der Waals surface area (Å²) in [5, 5.41) is 11.4. The molecular weight excluding hydrogens is 465 g/mol. The fourth-order valence-electron chi connectivity index (χ4n) is 3.65. The fourth-order valence-corrected chi connectivity index (χ4v) is 3.65. The second-order valence-electron chi connectivity index (χ2n) is 6.83. The summed E-state index contributed by atoms with van der Waals surface area (Å²) >= 11 is 0. The van der Waals surface area contributed by atoms with E-state index >= 15 is 0 Å². The van der Waals surface area contributed by atoms with Gasteiger partial charge in [-0.05, 0) is 31.4 Å². The van der Waals surface area contributed by atoms with Crippen LogP contribution in [0.3, 0.4) is 0 Å². The first-order chi connectivity index (χ1) is 13.2. The molecule has 2 N–H and O–H groups in total. The molecule has 1 aromatic carbocycles. The van der Waals surface area contributed by atoms with Crippen molar-refractivity contribution < 1.29 is 4.74 Å². The third-order valence-electron chi connectivity index (χ3n) is 4.98. The predicted molar refractivity (Wildman–Crippen MR) is 125 cm³/mol. The van der Waals surface area contributed by atoms with Crippen LogP contribution in [0.15, 0.2) is 29.3 Å². The summed E-state index contributed by atoms with van der Waals surface area (Å²) in [4.78, 5) is 4.81. The van der Waals surface area contributed by atoms with E-state index in [1.54, 1.807) is 0 Å². The van der Waals surface area contributed by atoms with Gasteiger partial charge in [-0.15, -0.1) is 24.0 Å². The van der Waals surface area contributed by atoms with Crippen molar-refractivity contribution in [1.29, 1.82) is 0 Å². The van der Waals surface area contributed by atoms with Crippen molar-refractivity contribution in [2.24, 2.45) is 12.0 Å². The Morgan fingerprint density at radius 2 is 2.00 bits per heavy atom. The van der Waals surface area contributed by atoms with E-state index in [0.29, 0.717) is 6.54 Å². The summed E-state index contributed by atoms with van der Waals surface area (Å²) < 4.78 is 8.01. The number of hydrogen-bond acceptors (Lipinski definition) is 3. The molecule has 2 aromatic rings. The molecule has 6 nitrogen and oxygen atoms in total. The third kappa shape index (κ3) is 5.18. The number of guanidine groups is 1. The maximum Gasteiger partial charge on any atom is 0.191 e. The van der Waals surface area contributed by atoms with E-state index < -0.39 is 0 Å². The normalized spacial score (nSPS) is 15.6. The topological polar surface area (TPSA) is 63.5 Å². The zero-order valence-corrected chi connectivity index (χ0v) is 19.6. The summed E-state index contributed by atoms with van der Waals surface area (Å²) in [5.41, 5.74) is 4.94. The molecule has 0 radical (unpaired) electrons. The van der Waals surface area contributed by atoms with Gasteiger partial charge in [-0.1, -0.05) is 32.0 Å². The van der Waals surface area contributed by atoms with Gasteiger partial charge in [-0.25, -0.2) is 4.99 Å². The predicted octanol–water partition coefficient (Wildman–Crippen LogP) is 3.22. The highest BCUT2D eigenvalue weighted by Gasteiger charge is 2.22. The van der Waals surface area contributed by atoms with Gasteiger partial charge in [0.15, 0.2) is 5.96 Å². The quantitative estimate of drug-likeness (QED) is 0.351. The molecule has 7 heteroatoms. The lowest BCUT2D eigenvalue weighted by molar-refractivity contribution is 0.235. The maximum atomic E-state index is 6.02. The zero-order valence-electron chi connectivity index (χ0n) is 17.3. The lowest BCUT2D eigenvalue weighted by Crippen LogP contribution is -2.42. The second-order valence-corrected chi connectivity index (χ2v) is 6.83. The number of aromatic nitrogens is 2. The number of fused-ring (bicyclic) bond motifs is 1. The number of para-hydroxylation sites is 1. The molecule has 1 atom stereocenters. The van der Waals surface area contributed by atoms with Crippen LogP contribution in [-0.2, 0) is 32.9 Å². The van der Waals surface area contributed by atoms with Crippen LogP contribution in [0.2, 0.25) is 0 Å². The Labute approximate surface area is 185 Å². The average molecular weight is 497 g/mol. The van der Waals surface area contributed by atoms with Crippen molar-refractivity contribution in [3.05, 3.63) is 46.8 Å². The fraction of sp³-hybridized carbons (Fsp3) is 0.524. The highest BCUT2D eigenvalue weighted by Crippen LogP contribution is 2.27. The van der Waals surface area contributed by atoms with Crippen LogP contribution in [0.5, 0.6) is 5.75 Å². The number of halogens is 1. The molecular formula is C21H32IN5O. The Balaban J connectivity index is 0.00000280. The van der Waals surface area contributed by atoms with E-state index in [1.807, 2.05) is 23.9 Å². The first-order valence-corrected chi connectivity index (χ1v) is 9.96. The van der Waals surface area contributed by atoms with E-state index in [2.05, 4.69) is 48.6 Å². The number of rotatable bonds is 7. The van der Waals surface area contributed by atoms with Crippen molar-refractivity contribution >= 4 is 29.9 Å². The van der Waals surface area contributed by atoms with Gasteiger partial charge in [0.25, 0.3) is 0 Å². The van der Waals surface area contributed by atoms with E-state index in [9.17, 15) is 0 Å². The lowest BCUT2D eigenvalue weighted by atomic mass is 10.1. The van der Waals surface area contributed by atoms with Crippen molar-refractivity contribution in [3.8, 4) is 5.75 Å². The molecule has 154 valence electrons. The summed E-state index contributed by atoms with van der Waals surface area (Å²) in [6, 6.07) is 8.25. The molecule has 1 aliphatic rings. The lowest BCUT2D eigenvalue weighted by Gasteiger charge is -2.15. The van der Waals surface area contributed by atoms with Crippen LogP contribution in [0.1, 0.15) is 43.3 Å². The Kier molecular flexibility index (Phi) is 8.59. The van der Waals surface area contributed by atoms with Gasteiger partial charge in [0, 0.05) is 31.3 Å². The number of hydrogen-bond donors (Lipinski definition) is 2. The largest absolute Gasteiger partial charge is 0.488 e. The molecule has 28 heavy (non-hydrogen) atoms. The Hall–Kier alpha value is -1.77. The minimum atomic E-state index is 0. The summed E-state index contributed by atoms with van der Waals surface area (Å²) in [6.07, 6.45) is 2.97. The number of aliphatic imine (C=N–C) groups is 1. The highest BCUT2D eigenvalue weighted by atomic mass is 127. The van der Waals surface area contributed by atoms with Gasteiger partial charge in [-0.3, -0.25) is 4.68 Å². The van der Waals surface area contributed by atoms with Gasteiger partial charge >= 0.3 is 0 Å². The SMILES string of the molecule is CCNC(=NCc1c(CC)nn(C)c1CC)NCC1Cc2ccccc2O1.I. The molecule has 0 amide bonds. The van der Waals surface area contributed by atoms with Crippen LogP contribution in [-0.4, -0.2) is 34.9 Å². The summed E-state index contributed by atoms with van der Waals surface area (Å²) in [7, 11) is 2.02. The number of nitrogens with zero attached hydrogens (tertiary/aromatic N) is 3. The third-order valence-corrected chi connectivity index (χ3v) is 4.98. The molecule has 1 aliphatic heterocycles. The molecule has 0 saturated heterocycles. The van der Waals surface area contributed by atoms with Crippen molar-refractivity contribution in [2.45, 2.75) is 52.7 Å². The van der Waals surface area contributed by atoms with Gasteiger partial charge in [0.05, 0.1) is 18.8 Å². The number of benzene rings is 1. The van der Waals surface area contributed by atoms with Gasteiger partial charge in [-0.2, -0.15) is 5.10 Å². The average Bonchev–Trinajstić information content (AvgIpc) is 3.23. The number of nitrogens with one attached hydrogen (secondary N) is 2. The van der Waals surface area contributed by atoms with Crippen molar-refractivity contribution in [1.82, 2.24) is 20.4 Å². The monoisotopic (exact) mass is 497 g/mol. The van der Waals surface area contributed by atoms with E-state index in [-0.39, 0.29) is 30.1 Å². The summed E-state index contributed by atoms with van der Waals surface area (Å²) in [5.74, 6) is 1.83. The first kappa shape index (κ1) is 22.5. The van der Waals surface area contributed by atoms with E-state index in [4.69, 9.17) is 9.73 Å². The van der Waals surface area contributed by atoms with Crippen LogP contribution < -0.4 is 15.4 Å². The Morgan fingerprint density at radius 1 is 1.21 bits per heavy atom. The van der Waals surface area contributed by atoms with E-state index in [1.165, 1.54) is 16.8 Å². The number of ether oxygens (including phenoxy) is 1. The van der Waals surface area contributed by atoms with Crippen LogP contribution in [0.25, 0.3) is 0 Å². The maximum absolute atomic E-state index is 6.02. The molecule has 2 heterocycles. The molecule has 0 aliphatic carbocycles. The molecule has 3 rings (SSSR count). The molecule has 1 unspecified atom stereocenters. The molecule has 0 fully saturated rings. The first-order valence-electron chi connectivity index (χ1n) is 9.96. The zero-order chi connectivity index (χ0) is 19.2. The van der Waals surface area contributed by atoms with Crippen molar-refractivity contribution in [3.63, 3.8) is 0 Å². The molecule has 0 saturated carbocycles. The highest BCUT2D eigenvalue weighted by molar-refractivity contribution is 14.0. The standard InChI is InChI=1S/C21H31N5O.HI/c1-5-18-17(19(6-2)26(4)25-18)14-24-21(22-7-3)23-13-16-12-15-10-8-9-11-20(15)27-16;/h8-11,16H,5-7,12-14H2,1-4H3,(H2,22,23,24);1H. The minimum Gasteiger partial charge on any atom is -0.488 e. The van der Waals surface area contributed by atoms with Gasteiger partial charge in [0.2, 0.25) is 0 Å². The van der Waals surface area contributed by atoms with Gasteiger partial charge < -0.3 is 15.4 Å². The second kappa shape index (κ2) is 10.7. The van der Waals surface area contributed by atoms with Crippen molar-refractivity contribution in [2.75, 3.05) is 13.1 Å². The Bertz CT molecular complexity index is 777. The van der Waals surface area contributed by atoms with Crippen LogP contribution >= 0.6 is 24.0 Å².